The van der Waals surface area contributed by atoms with Crippen molar-refractivity contribution in [3.63, 3.8) is 0 Å². The third-order valence-electron chi connectivity index (χ3n) is 4.14. The van der Waals surface area contributed by atoms with Gasteiger partial charge in [-0.2, -0.15) is 4.98 Å². The molecule has 140 valence electrons. The van der Waals surface area contributed by atoms with Crippen molar-refractivity contribution in [3.8, 4) is 11.5 Å². The van der Waals surface area contributed by atoms with E-state index in [4.69, 9.17) is 9.26 Å². The van der Waals surface area contributed by atoms with Crippen LogP contribution in [0, 0.1) is 12.8 Å². The Morgan fingerprint density at radius 2 is 2.15 bits per heavy atom. The molecule has 0 spiro atoms. The van der Waals surface area contributed by atoms with Gasteiger partial charge in [0.2, 0.25) is 0 Å². The van der Waals surface area contributed by atoms with E-state index in [0.717, 1.165) is 24.3 Å². The molecule has 3 heterocycles. The van der Waals surface area contributed by atoms with Gasteiger partial charge in [-0.3, -0.25) is 0 Å². The van der Waals surface area contributed by atoms with Crippen LogP contribution in [0.4, 0.5) is 10.6 Å². The minimum absolute atomic E-state index is 0.233. The molecule has 8 nitrogen and oxygen atoms in total. The number of aromatic nitrogens is 3. The first-order valence-corrected chi connectivity index (χ1v) is 8.96. The van der Waals surface area contributed by atoms with Gasteiger partial charge in [0, 0.05) is 37.9 Å². The Kier molecular flexibility index (Phi) is 5.70. The fourth-order valence-corrected chi connectivity index (χ4v) is 2.80. The highest BCUT2D eigenvalue weighted by Gasteiger charge is 2.21. The number of hydrogen-bond donors (Lipinski definition) is 0. The lowest BCUT2D eigenvalue weighted by Gasteiger charge is -2.23. The second-order valence-electron chi connectivity index (χ2n) is 6.85. The summed E-state index contributed by atoms with van der Waals surface area (Å²) in [6, 6.07) is 3.80. The van der Waals surface area contributed by atoms with Crippen molar-refractivity contribution in [1.82, 2.24) is 20.0 Å². The summed E-state index contributed by atoms with van der Waals surface area (Å²) in [6.07, 6.45) is 2.37. The first-order chi connectivity index (χ1) is 12.5. The van der Waals surface area contributed by atoms with Crippen LogP contribution in [0.3, 0.4) is 0 Å². The van der Waals surface area contributed by atoms with Crippen LogP contribution in [0.15, 0.2) is 22.9 Å². The molecular formula is C18H25N5O3. The molecule has 1 fully saturated rings. The Morgan fingerprint density at radius 3 is 2.88 bits per heavy atom. The summed E-state index contributed by atoms with van der Waals surface area (Å²) in [4.78, 5) is 24.9. The van der Waals surface area contributed by atoms with Crippen LogP contribution in [0.5, 0.6) is 0 Å². The molecule has 0 bridgehead atoms. The van der Waals surface area contributed by atoms with Gasteiger partial charge in [0.25, 0.3) is 5.89 Å². The maximum Gasteiger partial charge on any atom is 0.409 e. The SMILES string of the molecule is Cc1noc(-c2ccnc(N3CCCN(C(=O)OCC(C)C)CC3)c2)n1. The van der Waals surface area contributed by atoms with Crippen molar-refractivity contribution < 1.29 is 14.1 Å². The van der Waals surface area contributed by atoms with Crippen molar-refractivity contribution in [2.45, 2.75) is 27.2 Å². The second-order valence-corrected chi connectivity index (χ2v) is 6.85. The molecule has 0 saturated carbocycles. The first-order valence-electron chi connectivity index (χ1n) is 8.96. The molecule has 3 rings (SSSR count). The largest absolute Gasteiger partial charge is 0.449 e. The van der Waals surface area contributed by atoms with E-state index in [1.807, 2.05) is 26.0 Å². The van der Waals surface area contributed by atoms with Gasteiger partial charge >= 0.3 is 6.09 Å². The second kappa shape index (κ2) is 8.16. The molecule has 2 aromatic rings. The summed E-state index contributed by atoms with van der Waals surface area (Å²) in [7, 11) is 0. The molecule has 1 aliphatic heterocycles. The Morgan fingerprint density at radius 1 is 1.31 bits per heavy atom. The molecule has 26 heavy (non-hydrogen) atoms. The molecule has 0 aliphatic carbocycles. The zero-order valence-electron chi connectivity index (χ0n) is 15.5. The highest BCUT2D eigenvalue weighted by atomic mass is 16.6. The topological polar surface area (TPSA) is 84.6 Å². The lowest BCUT2D eigenvalue weighted by molar-refractivity contribution is 0.0943. The van der Waals surface area contributed by atoms with E-state index in [-0.39, 0.29) is 6.09 Å². The van der Waals surface area contributed by atoms with Crippen LogP contribution in [0.2, 0.25) is 0 Å². The van der Waals surface area contributed by atoms with Crippen LogP contribution in [0.25, 0.3) is 11.5 Å². The van der Waals surface area contributed by atoms with Gasteiger partial charge in [-0.1, -0.05) is 19.0 Å². The molecule has 0 radical (unpaired) electrons. The molecule has 0 aromatic carbocycles. The van der Waals surface area contributed by atoms with Gasteiger partial charge < -0.3 is 19.1 Å². The number of hydrogen-bond acceptors (Lipinski definition) is 7. The zero-order valence-corrected chi connectivity index (χ0v) is 15.5. The fourth-order valence-electron chi connectivity index (χ4n) is 2.80. The first kappa shape index (κ1) is 18.2. The average molecular weight is 359 g/mol. The van der Waals surface area contributed by atoms with E-state index in [1.54, 1.807) is 18.0 Å². The Labute approximate surface area is 153 Å². The van der Waals surface area contributed by atoms with E-state index >= 15 is 0 Å². The quantitative estimate of drug-likeness (QED) is 0.830. The number of ether oxygens (including phenoxy) is 1. The number of nitrogens with zero attached hydrogens (tertiary/aromatic N) is 5. The van der Waals surface area contributed by atoms with Crippen molar-refractivity contribution in [1.29, 1.82) is 0 Å². The molecule has 1 amide bonds. The average Bonchev–Trinajstić information content (AvgIpc) is 2.92. The van der Waals surface area contributed by atoms with E-state index in [0.29, 0.717) is 43.9 Å². The summed E-state index contributed by atoms with van der Waals surface area (Å²) in [6.45, 7) is 9.13. The van der Waals surface area contributed by atoms with Crippen LogP contribution < -0.4 is 4.90 Å². The number of aryl methyl sites for hydroxylation is 1. The smallest absolute Gasteiger partial charge is 0.409 e. The van der Waals surface area contributed by atoms with Crippen LogP contribution >= 0.6 is 0 Å². The summed E-state index contributed by atoms with van der Waals surface area (Å²) >= 11 is 0. The summed E-state index contributed by atoms with van der Waals surface area (Å²) in [5, 5.41) is 3.83. The summed E-state index contributed by atoms with van der Waals surface area (Å²) in [5.74, 6) is 2.27. The van der Waals surface area contributed by atoms with Gasteiger partial charge in [-0.05, 0) is 31.4 Å². The highest BCUT2D eigenvalue weighted by Crippen LogP contribution is 2.22. The van der Waals surface area contributed by atoms with E-state index in [1.165, 1.54) is 0 Å². The number of anilines is 1. The van der Waals surface area contributed by atoms with Crippen molar-refractivity contribution in [2.24, 2.45) is 5.92 Å². The maximum absolute atomic E-state index is 12.2. The number of amides is 1. The fraction of sp³-hybridized carbons (Fsp3) is 0.556. The van der Waals surface area contributed by atoms with Gasteiger partial charge in [0.05, 0.1) is 6.61 Å². The number of carbonyl (C=O) groups is 1. The van der Waals surface area contributed by atoms with E-state index in [2.05, 4.69) is 20.0 Å². The Hall–Kier alpha value is -2.64. The maximum atomic E-state index is 12.2. The van der Waals surface area contributed by atoms with Gasteiger partial charge in [-0.25, -0.2) is 9.78 Å². The predicted molar refractivity (Wildman–Crippen MR) is 96.9 cm³/mol. The van der Waals surface area contributed by atoms with Crippen molar-refractivity contribution >= 4 is 11.9 Å². The lowest BCUT2D eigenvalue weighted by Crippen LogP contribution is -2.36. The van der Waals surface area contributed by atoms with Crippen LogP contribution in [-0.4, -0.2) is 58.9 Å². The molecule has 2 aromatic heterocycles. The van der Waals surface area contributed by atoms with Gasteiger partial charge in [0.15, 0.2) is 5.82 Å². The minimum atomic E-state index is -0.233. The minimum Gasteiger partial charge on any atom is -0.449 e. The molecule has 0 N–H and O–H groups in total. The summed E-state index contributed by atoms with van der Waals surface area (Å²) in [5.41, 5.74) is 0.841. The third-order valence-corrected chi connectivity index (χ3v) is 4.14. The standard InChI is InChI=1S/C18H25N5O3/c1-13(2)12-25-18(24)23-8-4-7-22(9-10-23)16-11-15(5-6-19-16)17-20-14(3)21-26-17/h5-6,11,13H,4,7-10,12H2,1-3H3. The number of carbonyl (C=O) groups excluding carboxylic acids is 1. The normalized spacial score (nSPS) is 15.2. The van der Waals surface area contributed by atoms with Crippen LogP contribution in [-0.2, 0) is 4.74 Å². The Balaban J connectivity index is 1.65. The highest BCUT2D eigenvalue weighted by molar-refractivity contribution is 5.68. The molecule has 0 atom stereocenters. The van der Waals surface area contributed by atoms with Gasteiger partial charge in [-0.15, -0.1) is 0 Å². The lowest BCUT2D eigenvalue weighted by atomic mass is 10.2. The third kappa shape index (κ3) is 4.50. The molecule has 1 saturated heterocycles. The van der Waals surface area contributed by atoms with E-state index < -0.39 is 0 Å². The molecule has 8 heteroatoms. The number of pyridine rings is 1. The predicted octanol–water partition coefficient (Wildman–Crippen LogP) is 2.74. The molecular weight excluding hydrogens is 334 g/mol. The zero-order chi connectivity index (χ0) is 18.5. The van der Waals surface area contributed by atoms with Crippen molar-refractivity contribution in [2.75, 3.05) is 37.7 Å². The summed E-state index contributed by atoms with van der Waals surface area (Å²) < 4.78 is 10.6. The number of rotatable bonds is 4. The molecule has 0 unspecified atom stereocenters. The van der Waals surface area contributed by atoms with Crippen molar-refractivity contribution in [3.05, 3.63) is 24.2 Å². The molecule has 1 aliphatic rings. The monoisotopic (exact) mass is 359 g/mol. The van der Waals surface area contributed by atoms with Gasteiger partial charge in [0.1, 0.15) is 5.82 Å². The Bertz CT molecular complexity index is 746. The van der Waals surface area contributed by atoms with E-state index in [9.17, 15) is 4.79 Å². The van der Waals surface area contributed by atoms with Crippen LogP contribution in [0.1, 0.15) is 26.1 Å².